The van der Waals surface area contributed by atoms with E-state index in [1.807, 2.05) is 6.92 Å². The molecule has 1 aliphatic rings. The lowest BCUT2D eigenvalue weighted by molar-refractivity contribution is 0.1000. The minimum atomic E-state index is -0.486. The third kappa shape index (κ3) is 4.67. The second kappa shape index (κ2) is 8.48. The van der Waals surface area contributed by atoms with Crippen LogP contribution in [0.3, 0.4) is 0 Å². The summed E-state index contributed by atoms with van der Waals surface area (Å²) >= 11 is 4.91. The van der Waals surface area contributed by atoms with E-state index in [0.29, 0.717) is 38.9 Å². The Morgan fingerprint density at radius 3 is 2.66 bits per heavy atom. The van der Waals surface area contributed by atoms with E-state index in [2.05, 4.69) is 42.0 Å². The Morgan fingerprint density at radius 1 is 1.34 bits per heavy atom. The highest BCUT2D eigenvalue weighted by Gasteiger charge is 2.33. The molecule has 0 spiro atoms. The minimum Gasteiger partial charge on any atom is -0.493 e. The lowest BCUT2D eigenvalue weighted by Crippen LogP contribution is -2.27. The molecule has 1 aliphatic carbocycles. The number of fused-ring (bicyclic) bond motifs is 1. The van der Waals surface area contributed by atoms with E-state index in [0.717, 1.165) is 29.7 Å². The van der Waals surface area contributed by atoms with Crippen molar-refractivity contribution in [2.45, 2.75) is 47.0 Å². The molecule has 0 saturated heterocycles. The number of rotatable bonds is 5. The number of ether oxygens (including phenoxy) is 1. The number of thiophene rings is 1. The van der Waals surface area contributed by atoms with Gasteiger partial charge in [-0.15, -0.1) is 11.3 Å². The van der Waals surface area contributed by atoms with Crippen molar-refractivity contribution in [2.75, 3.05) is 11.9 Å². The molecule has 2 amide bonds. The highest BCUT2D eigenvalue weighted by Crippen LogP contribution is 2.44. The molecule has 0 unspecified atom stereocenters. The maximum absolute atomic E-state index is 12.8. The number of carbonyl (C=O) groups excluding carboxylic acids is 2. The third-order valence-electron chi connectivity index (χ3n) is 5.46. The van der Waals surface area contributed by atoms with E-state index in [-0.39, 0.29) is 11.3 Å². The smallest absolute Gasteiger partial charge is 0.256 e. The molecular formula is C22H27BrN2O3S. The molecule has 1 aromatic carbocycles. The van der Waals surface area contributed by atoms with Crippen LogP contribution < -0.4 is 15.8 Å². The Balaban J connectivity index is 1.88. The zero-order valence-corrected chi connectivity index (χ0v) is 19.6. The van der Waals surface area contributed by atoms with Crippen molar-refractivity contribution in [3.05, 3.63) is 44.2 Å². The predicted octanol–water partition coefficient (Wildman–Crippen LogP) is 5.41. The number of benzene rings is 1. The summed E-state index contributed by atoms with van der Waals surface area (Å²) in [4.78, 5) is 26.2. The Kier molecular flexibility index (Phi) is 6.39. The lowest BCUT2D eigenvalue weighted by atomic mass is 9.72. The number of hydrogen-bond donors (Lipinski definition) is 2. The zero-order valence-electron chi connectivity index (χ0n) is 17.2. The van der Waals surface area contributed by atoms with Gasteiger partial charge in [0, 0.05) is 10.4 Å². The summed E-state index contributed by atoms with van der Waals surface area (Å²) in [5, 5.41) is 3.46. The van der Waals surface area contributed by atoms with E-state index in [1.54, 1.807) is 18.2 Å². The summed E-state index contributed by atoms with van der Waals surface area (Å²) < 4.78 is 6.20. The number of anilines is 1. The highest BCUT2D eigenvalue weighted by atomic mass is 79.9. The maximum atomic E-state index is 12.8. The molecule has 29 heavy (non-hydrogen) atoms. The van der Waals surface area contributed by atoms with Gasteiger partial charge in [-0.05, 0) is 77.2 Å². The molecule has 7 heteroatoms. The summed E-state index contributed by atoms with van der Waals surface area (Å²) in [6.07, 6.45) is 2.75. The Labute approximate surface area is 184 Å². The fraction of sp³-hybridized carbons (Fsp3) is 0.455. The van der Waals surface area contributed by atoms with Gasteiger partial charge in [0.25, 0.3) is 11.8 Å². The molecule has 0 saturated carbocycles. The first-order chi connectivity index (χ1) is 13.6. The lowest BCUT2D eigenvalue weighted by Gasteiger charge is -2.33. The molecule has 156 valence electrons. The fourth-order valence-electron chi connectivity index (χ4n) is 3.76. The third-order valence-corrected chi connectivity index (χ3v) is 7.25. The Bertz CT molecular complexity index is 946. The summed E-state index contributed by atoms with van der Waals surface area (Å²) in [6.45, 7) is 9.19. The van der Waals surface area contributed by atoms with Crippen molar-refractivity contribution in [3.63, 3.8) is 0 Å². The first-order valence-corrected chi connectivity index (χ1v) is 11.4. The van der Waals surface area contributed by atoms with Crippen molar-refractivity contribution < 1.29 is 14.3 Å². The van der Waals surface area contributed by atoms with Gasteiger partial charge in [-0.2, -0.15) is 0 Å². The molecule has 1 aromatic heterocycles. The molecule has 1 atom stereocenters. The second-order valence-corrected chi connectivity index (χ2v) is 10.4. The normalized spacial score (nSPS) is 16.2. The Hall–Kier alpha value is -1.86. The number of amides is 2. The van der Waals surface area contributed by atoms with Crippen LogP contribution in [0.5, 0.6) is 5.75 Å². The first kappa shape index (κ1) is 21.8. The first-order valence-electron chi connectivity index (χ1n) is 9.79. The van der Waals surface area contributed by atoms with Crippen molar-refractivity contribution in [1.29, 1.82) is 0 Å². The quantitative estimate of drug-likeness (QED) is 0.602. The average molecular weight is 479 g/mol. The predicted molar refractivity (Wildman–Crippen MR) is 121 cm³/mol. The van der Waals surface area contributed by atoms with E-state index >= 15 is 0 Å². The van der Waals surface area contributed by atoms with Crippen LogP contribution in [-0.2, 0) is 12.8 Å². The van der Waals surface area contributed by atoms with Gasteiger partial charge in [-0.25, -0.2) is 0 Å². The molecule has 5 nitrogen and oxygen atoms in total. The summed E-state index contributed by atoms with van der Waals surface area (Å²) in [5.74, 6) is 0.462. The zero-order chi connectivity index (χ0) is 21.3. The maximum Gasteiger partial charge on any atom is 0.256 e. The molecule has 0 aliphatic heterocycles. The molecular weight excluding hydrogens is 452 g/mol. The summed E-state index contributed by atoms with van der Waals surface area (Å²) in [7, 11) is 0. The largest absolute Gasteiger partial charge is 0.493 e. The molecule has 0 fully saturated rings. The second-order valence-electron chi connectivity index (χ2n) is 8.41. The molecule has 0 bridgehead atoms. The van der Waals surface area contributed by atoms with E-state index in [9.17, 15) is 9.59 Å². The van der Waals surface area contributed by atoms with Gasteiger partial charge in [0.05, 0.1) is 16.6 Å². The van der Waals surface area contributed by atoms with Crippen LogP contribution in [-0.4, -0.2) is 18.4 Å². The van der Waals surface area contributed by atoms with Crippen LogP contribution >= 0.6 is 27.3 Å². The van der Waals surface area contributed by atoms with Crippen LogP contribution in [0.25, 0.3) is 0 Å². The monoisotopic (exact) mass is 478 g/mol. The van der Waals surface area contributed by atoms with Crippen LogP contribution in [0.15, 0.2) is 22.7 Å². The molecule has 3 rings (SSSR count). The number of carbonyl (C=O) groups is 2. The van der Waals surface area contributed by atoms with Crippen molar-refractivity contribution in [3.8, 4) is 5.75 Å². The van der Waals surface area contributed by atoms with Gasteiger partial charge in [0.1, 0.15) is 10.8 Å². The minimum absolute atomic E-state index is 0.201. The molecule has 0 radical (unpaired) electrons. The SMILES string of the molecule is CCOc1ccc(C(=O)Nc2sc3c(c2C(N)=O)CC[C@H](C(C)(C)C)C3)cc1Br. The molecule has 1 heterocycles. The number of nitrogens with two attached hydrogens (primary N) is 1. The van der Waals surface area contributed by atoms with Gasteiger partial charge in [0.15, 0.2) is 0 Å². The number of halogens is 1. The average Bonchev–Trinajstić information content (AvgIpc) is 2.99. The van der Waals surface area contributed by atoms with Crippen LogP contribution in [0.2, 0.25) is 0 Å². The topological polar surface area (TPSA) is 81.4 Å². The highest BCUT2D eigenvalue weighted by molar-refractivity contribution is 9.10. The van der Waals surface area contributed by atoms with Gasteiger partial charge >= 0.3 is 0 Å². The summed E-state index contributed by atoms with van der Waals surface area (Å²) in [5.41, 5.74) is 7.84. The van der Waals surface area contributed by atoms with Crippen LogP contribution in [0.4, 0.5) is 5.00 Å². The summed E-state index contributed by atoms with van der Waals surface area (Å²) in [6, 6.07) is 5.18. The number of primary amides is 1. The van der Waals surface area contributed by atoms with Gasteiger partial charge in [0.2, 0.25) is 0 Å². The number of nitrogens with one attached hydrogen (secondary N) is 1. The van der Waals surface area contributed by atoms with Gasteiger partial charge in [-0.3, -0.25) is 9.59 Å². The van der Waals surface area contributed by atoms with Crippen LogP contribution in [0.1, 0.15) is 65.3 Å². The van der Waals surface area contributed by atoms with E-state index < -0.39 is 5.91 Å². The van der Waals surface area contributed by atoms with Crippen molar-refractivity contribution in [1.82, 2.24) is 0 Å². The Morgan fingerprint density at radius 2 is 2.07 bits per heavy atom. The fourth-order valence-corrected chi connectivity index (χ4v) is 5.58. The standard InChI is InChI=1S/C22H27BrN2O3S/c1-5-28-16-9-6-12(10-15(16)23)20(27)25-21-18(19(24)26)14-8-7-13(22(2,3)4)11-17(14)29-21/h6,9-10,13H,5,7-8,11H2,1-4H3,(H2,24,26)(H,25,27)/t13-/m0/s1. The number of hydrogen-bond acceptors (Lipinski definition) is 4. The van der Waals surface area contributed by atoms with Crippen LogP contribution in [0, 0.1) is 11.3 Å². The molecule has 3 N–H and O–H groups in total. The van der Waals surface area contributed by atoms with E-state index in [4.69, 9.17) is 10.5 Å². The molecule has 2 aromatic rings. The van der Waals surface area contributed by atoms with Crippen molar-refractivity contribution >= 4 is 44.1 Å². The van der Waals surface area contributed by atoms with Gasteiger partial charge in [-0.1, -0.05) is 20.8 Å². The van der Waals surface area contributed by atoms with Gasteiger partial charge < -0.3 is 15.8 Å². The van der Waals surface area contributed by atoms with E-state index in [1.165, 1.54) is 11.3 Å². The van der Waals surface area contributed by atoms with Crippen molar-refractivity contribution in [2.24, 2.45) is 17.1 Å².